The predicted molar refractivity (Wildman–Crippen MR) is 73.6 cm³/mol. The smallest absolute Gasteiger partial charge is 0.148 e. The van der Waals surface area contributed by atoms with Crippen LogP contribution >= 0.6 is 0 Å². The number of hydrogen-bond donors (Lipinski definition) is 2. The van der Waals surface area contributed by atoms with Crippen molar-refractivity contribution in [3.63, 3.8) is 0 Å². The Morgan fingerprint density at radius 2 is 2.11 bits per heavy atom. The van der Waals surface area contributed by atoms with Crippen LogP contribution in [0.15, 0.2) is 6.33 Å². The number of likely N-dealkylation sites (N-methyl/N-ethyl adjacent to an activating group) is 1. The van der Waals surface area contributed by atoms with Crippen molar-refractivity contribution in [3.05, 3.63) is 11.9 Å². The van der Waals surface area contributed by atoms with Gasteiger partial charge in [0.15, 0.2) is 0 Å². The van der Waals surface area contributed by atoms with Gasteiger partial charge in [0.25, 0.3) is 0 Å². The Morgan fingerprint density at radius 1 is 1.33 bits per heavy atom. The standard InChI is InChI=1S/C12H23N5O/c1-4-10-11(16-13)14-9-15-12(10)17(5-2)7-8-18-6-3/h9H,4-8,13H2,1-3H3,(H,14,15,16). The first kappa shape index (κ1) is 14.7. The fraction of sp³-hybridized carbons (Fsp3) is 0.667. The van der Waals surface area contributed by atoms with Crippen LogP contribution in [0.5, 0.6) is 0 Å². The molecule has 0 atom stereocenters. The molecule has 18 heavy (non-hydrogen) atoms. The third-order valence-electron chi connectivity index (χ3n) is 2.80. The minimum Gasteiger partial charge on any atom is -0.380 e. The Morgan fingerprint density at radius 3 is 2.67 bits per heavy atom. The van der Waals surface area contributed by atoms with Crippen molar-refractivity contribution in [3.8, 4) is 0 Å². The van der Waals surface area contributed by atoms with E-state index in [2.05, 4.69) is 34.1 Å². The van der Waals surface area contributed by atoms with E-state index in [0.717, 1.165) is 37.5 Å². The summed E-state index contributed by atoms with van der Waals surface area (Å²) in [6.07, 6.45) is 2.37. The summed E-state index contributed by atoms with van der Waals surface area (Å²) < 4.78 is 5.39. The van der Waals surface area contributed by atoms with Gasteiger partial charge in [-0.3, -0.25) is 0 Å². The number of nitrogens with one attached hydrogen (secondary N) is 1. The molecule has 1 aromatic heterocycles. The number of nitrogen functional groups attached to an aromatic ring is 1. The molecule has 6 nitrogen and oxygen atoms in total. The first-order valence-electron chi connectivity index (χ1n) is 6.41. The van der Waals surface area contributed by atoms with Crippen molar-refractivity contribution in [2.24, 2.45) is 5.84 Å². The number of nitrogens with zero attached hydrogens (tertiary/aromatic N) is 3. The summed E-state index contributed by atoms with van der Waals surface area (Å²) in [5.74, 6) is 7.10. The maximum absolute atomic E-state index is 5.47. The Hall–Kier alpha value is -1.40. The molecule has 0 radical (unpaired) electrons. The van der Waals surface area contributed by atoms with Crippen LogP contribution in [0.25, 0.3) is 0 Å². The zero-order chi connectivity index (χ0) is 13.4. The molecule has 0 aliphatic carbocycles. The number of anilines is 2. The largest absolute Gasteiger partial charge is 0.380 e. The highest BCUT2D eigenvalue weighted by Crippen LogP contribution is 2.23. The SMILES string of the molecule is CCOCCN(CC)c1ncnc(NN)c1CC. The van der Waals surface area contributed by atoms with Gasteiger partial charge in [-0.1, -0.05) is 6.92 Å². The lowest BCUT2D eigenvalue weighted by molar-refractivity contribution is 0.154. The third-order valence-corrected chi connectivity index (χ3v) is 2.80. The Bertz CT molecular complexity index is 358. The number of hydrogen-bond acceptors (Lipinski definition) is 6. The summed E-state index contributed by atoms with van der Waals surface area (Å²) in [5.41, 5.74) is 3.66. The van der Waals surface area contributed by atoms with Gasteiger partial charge in [0, 0.05) is 25.3 Å². The van der Waals surface area contributed by atoms with Crippen LogP contribution in [0.1, 0.15) is 26.3 Å². The molecule has 0 aromatic carbocycles. The van der Waals surface area contributed by atoms with Gasteiger partial charge in [0.1, 0.15) is 18.0 Å². The van der Waals surface area contributed by atoms with Crippen molar-refractivity contribution in [1.82, 2.24) is 9.97 Å². The van der Waals surface area contributed by atoms with Gasteiger partial charge in [0.05, 0.1) is 6.61 Å². The van der Waals surface area contributed by atoms with E-state index in [4.69, 9.17) is 10.6 Å². The van der Waals surface area contributed by atoms with Crippen LogP contribution in [0.3, 0.4) is 0 Å². The van der Waals surface area contributed by atoms with E-state index in [1.807, 2.05) is 6.92 Å². The van der Waals surface area contributed by atoms with Gasteiger partial charge in [-0.15, -0.1) is 0 Å². The maximum Gasteiger partial charge on any atom is 0.148 e. The normalized spacial score (nSPS) is 10.4. The number of hydrazine groups is 1. The van der Waals surface area contributed by atoms with Crippen molar-refractivity contribution >= 4 is 11.6 Å². The molecule has 0 saturated carbocycles. The van der Waals surface area contributed by atoms with E-state index in [1.165, 1.54) is 6.33 Å². The van der Waals surface area contributed by atoms with Crippen molar-refractivity contribution in [2.45, 2.75) is 27.2 Å². The van der Waals surface area contributed by atoms with E-state index in [1.54, 1.807) is 0 Å². The first-order chi connectivity index (χ1) is 8.78. The van der Waals surface area contributed by atoms with E-state index in [9.17, 15) is 0 Å². The quantitative estimate of drug-likeness (QED) is 0.412. The molecule has 3 N–H and O–H groups in total. The van der Waals surface area contributed by atoms with Crippen LogP contribution in [-0.4, -0.2) is 36.3 Å². The molecular formula is C12H23N5O. The zero-order valence-electron chi connectivity index (χ0n) is 11.4. The highest BCUT2D eigenvalue weighted by atomic mass is 16.5. The van der Waals surface area contributed by atoms with Gasteiger partial charge in [-0.25, -0.2) is 15.8 Å². The maximum atomic E-state index is 5.47. The van der Waals surface area contributed by atoms with Gasteiger partial charge in [-0.05, 0) is 20.3 Å². The molecular weight excluding hydrogens is 230 g/mol. The Labute approximate surface area is 109 Å². The molecule has 0 amide bonds. The molecule has 1 heterocycles. The average Bonchev–Trinajstić information content (AvgIpc) is 2.42. The van der Waals surface area contributed by atoms with Crippen molar-refractivity contribution in [1.29, 1.82) is 0 Å². The molecule has 0 saturated heterocycles. The van der Waals surface area contributed by atoms with E-state index < -0.39 is 0 Å². The average molecular weight is 253 g/mol. The molecule has 1 aromatic rings. The van der Waals surface area contributed by atoms with E-state index in [0.29, 0.717) is 12.4 Å². The molecule has 0 fully saturated rings. The minimum atomic E-state index is 0.692. The second-order valence-electron chi connectivity index (χ2n) is 3.80. The summed E-state index contributed by atoms with van der Waals surface area (Å²) in [7, 11) is 0. The van der Waals surface area contributed by atoms with Crippen LogP contribution in [0.4, 0.5) is 11.6 Å². The van der Waals surface area contributed by atoms with Gasteiger partial charge < -0.3 is 15.1 Å². The summed E-state index contributed by atoms with van der Waals surface area (Å²) in [6, 6.07) is 0. The second kappa shape index (κ2) is 7.84. The summed E-state index contributed by atoms with van der Waals surface area (Å²) in [5, 5.41) is 0. The van der Waals surface area contributed by atoms with Crippen molar-refractivity contribution < 1.29 is 4.74 Å². The highest BCUT2D eigenvalue weighted by Gasteiger charge is 2.14. The Kier molecular flexibility index (Phi) is 6.38. The number of nitrogens with two attached hydrogens (primary N) is 1. The Balaban J connectivity index is 2.90. The lowest BCUT2D eigenvalue weighted by atomic mass is 10.2. The highest BCUT2D eigenvalue weighted by molar-refractivity contribution is 5.58. The molecule has 6 heteroatoms. The summed E-state index contributed by atoms with van der Waals surface area (Å²) in [6.45, 7) is 9.29. The second-order valence-corrected chi connectivity index (χ2v) is 3.80. The van der Waals surface area contributed by atoms with Gasteiger partial charge in [0.2, 0.25) is 0 Å². The van der Waals surface area contributed by atoms with Gasteiger partial charge in [-0.2, -0.15) is 0 Å². The van der Waals surface area contributed by atoms with Crippen LogP contribution in [0, 0.1) is 0 Å². The molecule has 102 valence electrons. The number of aromatic nitrogens is 2. The summed E-state index contributed by atoms with van der Waals surface area (Å²) >= 11 is 0. The first-order valence-corrected chi connectivity index (χ1v) is 6.41. The van der Waals surface area contributed by atoms with Crippen molar-refractivity contribution in [2.75, 3.05) is 36.6 Å². The molecule has 0 aliphatic heterocycles. The van der Waals surface area contributed by atoms with E-state index >= 15 is 0 Å². The predicted octanol–water partition coefficient (Wildman–Crippen LogP) is 1.19. The minimum absolute atomic E-state index is 0.692. The molecule has 0 aliphatic rings. The fourth-order valence-corrected chi connectivity index (χ4v) is 1.86. The fourth-order valence-electron chi connectivity index (χ4n) is 1.86. The van der Waals surface area contributed by atoms with Crippen LogP contribution in [-0.2, 0) is 11.2 Å². The topological polar surface area (TPSA) is 76.3 Å². The summed E-state index contributed by atoms with van der Waals surface area (Å²) in [4.78, 5) is 10.7. The monoisotopic (exact) mass is 253 g/mol. The van der Waals surface area contributed by atoms with Crippen LogP contribution < -0.4 is 16.2 Å². The third kappa shape index (κ3) is 3.54. The van der Waals surface area contributed by atoms with E-state index in [-0.39, 0.29) is 0 Å². The molecule has 0 bridgehead atoms. The molecule has 0 spiro atoms. The molecule has 0 unspecified atom stereocenters. The zero-order valence-corrected chi connectivity index (χ0v) is 11.4. The number of ether oxygens (including phenoxy) is 1. The van der Waals surface area contributed by atoms with Crippen LogP contribution in [0.2, 0.25) is 0 Å². The number of rotatable bonds is 8. The van der Waals surface area contributed by atoms with Gasteiger partial charge >= 0.3 is 0 Å². The lowest BCUT2D eigenvalue weighted by Gasteiger charge is -2.24. The molecule has 1 rings (SSSR count). The lowest BCUT2D eigenvalue weighted by Crippen LogP contribution is -2.29.